The first-order chi connectivity index (χ1) is 48.1. The van der Waals surface area contributed by atoms with Crippen LogP contribution in [0.3, 0.4) is 0 Å². The minimum Gasteiger partial charge on any atom is -0.481 e. The molecule has 0 saturated carbocycles. The van der Waals surface area contributed by atoms with Crippen molar-refractivity contribution in [3.8, 4) is 23.0 Å². The number of benzene rings is 4. The van der Waals surface area contributed by atoms with E-state index in [1.165, 1.54) is 0 Å². The smallest absolute Gasteiger partial charge is 0.313 e. The first-order valence-corrected chi connectivity index (χ1v) is 35.7. The topological polar surface area (TPSA) is 306 Å². The zero-order chi connectivity index (χ0) is 76.6. The van der Waals surface area contributed by atoms with Crippen molar-refractivity contribution in [1.29, 1.82) is 0 Å². The lowest BCUT2D eigenvalue weighted by Crippen LogP contribution is -2.42. The molecule has 0 amide bonds. The van der Waals surface area contributed by atoms with Gasteiger partial charge in [-0.2, -0.15) is 0 Å². The molecule has 0 aliphatic carbocycles. The molecule has 4 rings (SSSR count). The normalized spacial score (nSPS) is 11.4. The van der Waals surface area contributed by atoms with Gasteiger partial charge in [0.15, 0.2) is 23.0 Å². The number of carboxylic acid groups (broad SMARTS) is 2. The second kappa shape index (κ2) is 48.6. The van der Waals surface area contributed by atoms with Gasteiger partial charge in [0, 0.05) is 0 Å². The van der Waals surface area contributed by atoms with E-state index in [0.29, 0.717) is 0 Å². The van der Waals surface area contributed by atoms with Gasteiger partial charge >= 0.3 is 35.8 Å². The highest BCUT2D eigenvalue weighted by molar-refractivity contribution is 6.59. The maximum absolute atomic E-state index is 13.0. The Labute approximate surface area is 681 Å². The molecule has 0 aromatic heterocycles. The van der Waals surface area contributed by atoms with E-state index in [1.54, 1.807) is 0 Å². The molecule has 0 unspecified atom stereocenters. The molecule has 0 radical (unpaired) electrons. The van der Waals surface area contributed by atoms with E-state index in [4.69, 9.17) is 299 Å². The Balaban J connectivity index is 0.000000781. The summed E-state index contributed by atoms with van der Waals surface area (Å²) in [5.41, 5.74) is -2.30. The molecule has 0 atom stereocenters. The van der Waals surface area contributed by atoms with Crippen molar-refractivity contribution >= 4 is 281 Å². The molecular formula is C58H52Cl20O24. The van der Waals surface area contributed by atoms with Gasteiger partial charge in [0.1, 0.15) is 53.4 Å². The van der Waals surface area contributed by atoms with Crippen LogP contribution in [0.1, 0.15) is 38.5 Å². The molecule has 0 aliphatic heterocycles. The standard InChI is InChI=1S/C41H24Cl20O12.C17H28O12/c42-17-21(46)29(54)37(30(55)22(17)47)70-13(62)1-5-66-9-41(10-67-6-2-14(63)71-38-31(56)23(48)18(43)24(49)32(38)57,11-68-7-3-15(64)72-39-33(58)25(50)19(44)26(51)34(39)59)12-69-8-4-16(65)73-40-35(60)27(52)20(45)28(53)36(40)61;18-13-28-7-5-26-11-17(9-24-3-1-15(20)21,10-25-4-2-16(22)23)12-27-6-8-29-14-19/h1-12H2;13-14H,1-12H2,(H,20,21)(H,22,23). The van der Waals surface area contributed by atoms with E-state index in [0.717, 1.165) is 0 Å². The van der Waals surface area contributed by atoms with Crippen LogP contribution in [-0.4, -0.2) is 178 Å². The van der Waals surface area contributed by atoms with Gasteiger partial charge in [0.2, 0.25) is 0 Å². The first-order valence-electron chi connectivity index (χ1n) is 28.2. The van der Waals surface area contributed by atoms with E-state index < -0.39 is 72.3 Å². The van der Waals surface area contributed by atoms with E-state index >= 15 is 0 Å². The van der Waals surface area contributed by atoms with Crippen molar-refractivity contribution in [2.45, 2.75) is 38.5 Å². The Kier molecular flexibility index (Phi) is 44.9. The van der Waals surface area contributed by atoms with Gasteiger partial charge in [-0.25, -0.2) is 0 Å². The minimum atomic E-state index is -1.41. The van der Waals surface area contributed by atoms with Gasteiger partial charge < -0.3 is 76.5 Å². The van der Waals surface area contributed by atoms with Gasteiger partial charge in [0.25, 0.3) is 12.9 Å². The summed E-state index contributed by atoms with van der Waals surface area (Å²) in [5, 5.41) is 12.7. The predicted molar refractivity (Wildman–Crippen MR) is 387 cm³/mol. The number of hydrogen-bond donors (Lipinski definition) is 2. The van der Waals surface area contributed by atoms with Gasteiger partial charge in [-0.3, -0.25) is 38.4 Å². The lowest BCUT2D eigenvalue weighted by atomic mass is 9.92. The third kappa shape index (κ3) is 30.5. The summed E-state index contributed by atoms with van der Waals surface area (Å²) in [6.45, 7) is -1.93. The van der Waals surface area contributed by atoms with E-state index in [-0.39, 0.29) is 268 Å². The van der Waals surface area contributed by atoms with Crippen LogP contribution in [0.15, 0.2) is 0 Å². The number of aliphatic carboxylic acids is 2. The fourth-order valence-corrected chi connectivity index (χ4v) is 12.2. The molecular weight excluding hydrogens is 1790 g/mol. The summed E-state index contributed by atoms with van der Waals surface area (Å²) >= 11 is 123. The zero-order valence-corrected chi connectivity index (χ0v) is 66.7. The fraction of sp³-hybridized carbons (Fsp3) is 0.448. The number of carbonyl (C=O) groups excluding carboxylic acids is 6. The SMILES string of the molecule is O=C(CCOCC(COCCC(=O)Oc1c(Cl)c(Cl)c(Cl)c(Cl)c1Cl)(COCCC(=O)Oc1c(Cl)c(Cl)c(Cl)c(Cl)c1Cl)COCCC(=O)Oc1c(Cl)c(Cl)c(Cl)c(Cl)c1Cl)Oc1c(Cl)c(Cl)c(Cl)c(Cl)c1Cl.O=COCCOCC(COCCOC=O)(COCCC(=O)O)COCCC(=O)O. The summed E-state index contributed by atoms with van der Waals surface area (Å²) in [4.78, 5) is 93.6. The average Bonchev–Trinajstić information content (AvgIpc) is 0.815. The number of esters is 4. The molecule has 0 spiro atoms. The molecule has 2 N–H and O–H groups in total. The molecule has 0 heterocycles. The Morgan fingerprint density at radius 1 is 0.245 bits per heavy atom. The van der Waals surface area contributed by atoms with Gasteiger partial charge in [-0.05, 0) is 0 Å². The third-order valence-electron chi connectivity index (χ3n) is 12.4. The highest BCUT2D eigenvalue weighted by Gasteiger charge is 2.36. The van der Waals surface area contributed by atoms with Crippen LogP contribution in [0.2, 0.25) is 100 Å². The lowest BCUT2D eigenvalue weighted by molar-refractivity contribution is -0.144. The highest BCUT2D eigenvalue weighted by Crippen LogP contribution is 2.52. The largest absolute Gasteiger partial charge is 0.481 e. The molecule has 568 valence electrons. The minimum absolute atomic E-state index is 0.0103. The van der Waals surface area contributed by atoms with Crippen LogP contribution in [0.5, 0.6) is 23.0 Å². The second-order valence-corrected chi connectivity index (χ2v) is 27.7. The summed E-state index contributed by atoms with van der Waals surface area (Å²) in [6.07, 6.45) is -2.10. The predicted octanol–water partition coefficient (Wildman–Crippen LogP) is 18.4. The summed E-state index contributed by atoms with van der Waals surface area (Å²) in [7, 11) is 0. The van der Waals surface area contributed by atoms with Crippen LogP contribution >= 0.6 is 232 Å². The van der Waals surface area contributed by atoms with E-state index in [2.05, 4.69) is 9.47 Å². The molecule has 24 nitrogen and oxygen atoms in total. The number of hydrogen-bond acceptors (Lipinski definition) is 22. The number of carbonyl (C=O) groups is 8. The Bertz CT molecular complexity index is 3040. The third-order valence-corrected chi connectivity index (χ3v) is 21.3. The number of halogens is 20. The number of ether oxygens (including phenoxy) is 14. The maximum Gasteiger partial charge on any atom is 0.313 e. The molecule has 4 aromatic carbocycles. The Morgan fingerprint density at radius 3 is 0.569 bits per heavy atom. The second-order valence-electron chi connectivity index (χ2n) is 20.1. The van der Waals surface area contributed by atoms with Crippen LogP contribution in [0.4, 0.5) is 0 Å². The van der Waals surface area contributed by atoms with Gasteiger partial charge in [-0.1, -0.05) is 232 Å². The van der Waals surface area contributed by atoms with Crippen LogP contribution in [0.25, 0.3) is 0 Å². The summed E-state index contributed by atoms with van der Waals surface area (Å²) < 4.78 is 76.0. The van der Waals surface area contributed by atoms with Crippen molar-refractivity contribution in [2.24, 2.45) is 10.8 Å². The summed E-state index contributed by atoms with van der Waals surface area (Å²) in [6, 6.07) is 0. The highest BCUT2D eigenvalue weighted by atomic mass is 35.5. The summed E-state index contributed by atoms with van der Waals surface area (Å²) in [5.74, 6) is -7.10. The Morgan fingerprint density at radius 2 is 0.402 bits per heavy atom. The molecule has 4 aromatic rings. The van der Waals surface area contributed by atoms with Crippen LogP contribution < -0.4 is 18.9 Å². The van der Waals surface area contributed by atoms with Crippen LogP contribution in [-0.2, 0) is 85.7 Å². The lowest BCUT2D eigenvalue weighted by Gasteiger charge is -2.33. The first kappa shape index (κ1) is 94.3. The molecule has 102 heavy (non-hydrogen) atoms. The maximum atomic E-state index is 13.0. The van der Waals surface area contributed by atoms with Crippen molar-refractivity contribution in [3.05, 3.63) is 100 Å². The van der Waals surface area contributed by atoms with E-state index in [9.17, 15) is 38.4 Å². The van der Waals surface area contributed by atoms with Crippen molar-refractivity contribution in [3.63, 3.8) is 0 Å². The molecule has 0 saturated heterocycles. The quantitative estimate of drug-likeness (QED) is 0.0104. The monoisotopic (exact) mass is 1830 g/mol. The van der Waals surface area contributed by atoms with Crippen LogP contribution in [0, 0.1) is 10.8 Å². The van der Waals surface area contributed by atoms with Crippen molar-refractivity contribution in [2.75, 3.05) is 119 Å². The number of rotatable bonds is 46. The van der Waals surface area contributed by atoms with Gasteiger partial charge in [-0.15, -0.1) is 0 Å². The fourth-order valence-electron chi connectivity index (χ4n) is 7.42. The molecule has 44 heteroatoms. The zero-order valence-electron chi connectivity index (χ0n) is 51.6. The molecule has 0 fully saturated rings. The molecule has 0 bridgehead atoms. The average molecular weight is 1840 g/mol. The molecule has 0 aliphatic rings. The Hall–Kier alpha value is -1.88. The van der Waals surface area contributed by atoms with E-state index in [1.807, 2.05) is 0 Å². The van der Waals surface area contributed by atoms with Crippen molar-refractivity contribution < 1.29 is 115 Å². The van der Waals surface area contributed by atoms with Gasteiger partial charge in [0.05, 0.1) is 215 Å². The number of carboxylic acids is 2. The van der Waals surface area contributed by atoms with Crippen molar-refractivity contribution in [1.82, 2.24) is 0 Å².